The fourth-order valence-corrected chi connectivity index (χ4v) is 2.76. The van der Waals surface area contributed by atoms with E-state index in [9.17, 15) is 9.59 Å². The Kier molecular flexibility index (Phi) is 5.05. The molecule has 2 aromatic rings. The summed E-state index contributed by atoms with van der Waals surface area (Å²) in [5, 5.41) is 5.73. The second-order valence-corrected chi connectivity index (χ2v) is 5.73. The van der Waals surface area contributed by atoms with Crippen LogP contribution in [0.15, 0.2) is 54.9 Å². The summed E-state index contributed by atoms with van der Waals surface area (Å²) in [6.45, 7) is 1.33. The Hall–Kier alpha value is -2.89. The van der Waals surface area contributed by atoms with Crippen molar-refractivity contribution in [2.75, 3.05) is 6.54 Å². The van der Waals surface area contributed by atoms with Crippen molar-refractivity contribution in [1.82, 2.24) is 20.5 Å². The van der Waals surface area contributed by atoms with Crippen LogP contribution in [-0.2, 0) is 17.9 Å². The smallest absolute Gasteiger partial charge is 0.318 e. The van der Waals surface area contributed by atoms with Crippen molar-refractivity contribution in [3.63, 3.8) is 0 Å². The van der Waals surface area contributed by atoms with Crippen molar-refractivity contribution < 1.29 is 9.59 Å². The summed E-state index contributed by atoms with van der Waals surface area (Å²) in [6.07, 6.45) is 3.98. The first-order chi connectivity index (χ1) is 11.7. The van der Waals surface area contributed by atoms with Crippen LogP contribution in [0.4, 0.5) is 4.79 Å². The molecular formula is C18H20N4O2. The lowest BCUT2D eigenvalue weighted by Gasteiger charge is -2.35. The molecule has 124 valence electrons. The lowest BCUT2D eigenvalue weighted by atomic mass is 10.1. The maximum atomic E-state index is 12.6. The zero-order valence-electron chi connectivity index (χ0n) is 13.3. The average molecular weight is 324 g/mol. The molecule has 1 aromatic carbocycles. The highest BCUT2D eigenvalue weighted by molar-refractivity contribution is 5.88. The summed E-state index contributed by atoms with van der Waals surface area (Å²) in [5.74, 6) is -0.127. The molecule has 0 aliphatic carbocycles. The van der Waals surface area contributed by atoms with E-state index in [1.54, 1.807) is 17.3 Å². The van der Waals surface area contributed by atoms with Gasteiger partial charge < -0.3 is 15.5 Å². The molecule has 1 atom stereocenters. The number of rotatable bonds is 5. The Labute approximate surface area is 140 Å². The van der Waals surface area contributed by atoms with Crippen LogP contribution in [0, 0.1) is 0 Å². The number of hydrogen-bond acceptors (Lipinski definition) is 3. The predicted octanol–water partition coefficient (Wildman–Crippen LogP) is 1.68. The number of carbonyl (C=O) groups excluding carboxylic acids is 2. The van der Waals surface area contributed by atoms with Gasteiger partial charge in [0.15, 0.2) is 0 Å². The molecule has 6 heteroatoms. The zero-order valence-corrected chi connectivity index (χ0v) is 13.3. The Bertz CT molecular complexity index is 691. The fraction of sp³-hybridized carbons (Fsp3) is 0.278. The van der Waals surface area contributed by atoms with Crippen LogP contribution in [0.2, 0.25) is 0 Å². The topological polar surface area (TPSA) is 74.3 Å². The molecule has 0 saturated carbocycles. The highest BCUT2D eigenvalue weighted by atomic mass is 16.2. The third kappa shape index (κ3) is 3.90. The van der Waals surface area contributed by atoms with Crippen LogP contribution in [0.25, 0.3) is 0 Å². The Morgan fingerprint density at radius 1 is 1.21 bits per heavy atom. The van der Waals surface area contributed by atoms with Crippen molar-refractivity contribution in [1.29, 1.82) is 0 Å². The summed E-state index contributed by atoms with van der Waals surface area (Å²) in [5.41, 5.74) is 1.93. The first-order valence-corrected chi connectivity index (χ1v) is 7.99. The molecule has 24 heavy (non-hydrogen) atoms. The van der Waals surface area contributed by atoms with E-state index in [-0.39, 0.29) is 11.9 Å². The molecule has 1 aliphatic rings. The largest absolute Gasteiger partial charge is 0.350 e. The molecule has 0 bridgehead atoms. The van der Waals surface area contributed by atoms with Crippen molar-refractivity contribution in [2.24, 2.45) is 0 Å². The van der Waals surface area contributed by atoms with Crippen LogP contribution < -0.4 is 10.6 Å². The number of nitrogens with one attached hydrogen (secondary N) is 2. The van der Waals surface area contributed by atoms with E-state index in [1.165, 1.54) is 0 Å². The third-order valence-electron chi connectivity index (χ3n) is 4.02. The fourth-order valence-electron chi connectivity index (χ4n) is 2.76. The molecule has 0 spiro atoms. The maximum absolute atomic E-state index is 12.6. The molecule has 0 radical (unpaired) electrons. The molecule has 1 saturated heterocycles. The van der Waals surface area contributed by atoms with Gasteiger partial charge in [-0.1, -0.05) is 36.4 Å². The molecule has 1 aromatic heterocycles. The average Bonchev–Trinajstić information content (AvgIpc) is 2.63. The second-order valence-electron chi connectivity index (χ2n) is 5.73. The molecule has 1 aliphatic heterocycles. The van der Waals surface area contributed by atoms with E-state index in [4.69, 9.17) is 0 Å². The molecule has 3 rings (SSSR count). The van der Waals surface area contributed by atoms with Gasteiger partial charge in [0.05, 0.1) is 0 Å². The van der Waals surface area contributed by atoms with E-state index >= 15 is 0 Å². The van der Waals surface area contributed by atoms with E-state index in [0.717, 1.165) is 11.1 Å². The van der Waals surface area contributed by atoms with E-state index < -0.39 is 6.04 Å². The Morgan fingerprint density at radius 2 is 2.00 bits per heavy atom. The van der Waals surface area contributed by atoms with Crippen molar-refractivity contribution >= 4 is 11.9 Å². The minimum absolute atomic E-state index is 0.127. The molecule has 2 heterocycles. The van der Waals surface area contributed by atoms with Crippen LogP contribution >= 0.6 is 0 Å². The minimum Gasteiger partial charge on any atom is -0.350 e. The number of nitrogens with zero attached hydrogens (tertiary/aromatic N) is 2. The summed E-state index contributed by atoms with van der Waals surface area (Å²) in [6, 6.07) is 12.8. The first kappa shape index (κ1) is 16.0. The van der Waals surface area contributed by atoms with Crippen LogP contribution in [0.3, 0.4) is 0 Å². The van der Waals surface area contributed by atoms with Gasteiger partial charge in [-0.25, -0.2) is 4.79 Å². The SMILES string of the molecule is O=C(NCc1ccccc1)C1CCNC(=O)N1Cc1cccnc1. The van der Waals surface area contributed by atoms with E-state index in [0.29, 0.717) is 26.1 Å². The quantitative estimate of drug-likeness (QED) is 0.879. The third-order valence-corrected chi connectivity index (χ3v) is 4.02. The summed E-state index contributed by atoms with van der Waals surface area (Å²) in [4.78, 5) is 30.4. The van der Waals surface area contributed by atoms with Gasteiger partial charge in [0, 0.05) is 32.0 Å². The number of hydrogen-bond donors (Lipinski definition) is 2. The van der Waals surface area contributed by atoms with Crippen LogP contribution in [0.1, 0.15) is 17.5 Å². The van der Waals surface area contributed by atoms with Gasteiger partial charge in [-0.15, -0.1) is 0 Å². The first-order valence-electron chi connectivity index (χ1n) is 7.99. The maximum Gasteiger partial charge on any atom is 0.318 e. The molecule has 2 N–H and O–H groups in total. The minimum atomic E-state index is -0.470. The van der Waals surface area contributed by atoms with Gasteiger partial charge in [0.2, 0.25) is 5.91 Å². The highest BCUT2D eigenvalue weighted by Crippen LogP contribution is 2.14. The molecule has 1 unspecified atom stereocenters. The molecular weight excluding hydrogens is 304 g/mol. The predicted molar refractivity (Wildman–Crippen MR) is 89.9 cm³/mol. The van der Waals surface area contributed by atoms with Crippen molar-refractivity contribution in [2.45, 2.75) is 25.6 Å². The normalized spacial score (nSPS) is 17.2. The number of benzene rings is 1. The van der Waals surface area contributed by atoms with Gasteiger partial charge in [0.1, 0.15) is 6.04 Å². The summed E-state index contributed by atoms with van der Waals surface area (Å²) >= 11 is 0. The van der Waals surface area contributed by atoms with Gasteiger partial charge in [-0.05, 0) is 23.6 Å². The summed E-state index contributed by atoms with van der Waals surface area (Å²) in [7, 11) is 0. The molecule has 3 amide bonds. The number of urea groups is 1. The van der Waals surface area contributed by atoms with Crippen LogP contribution in [0.5, 0.6) is 0 Å². The number of amides is 3. The molecule has 1 fully saturated rings. The second kappa shape index (κ2) is 7.59. The van der Waals surface area contributed by atoms with Crippen molar-refractivity contribution in [3.8, 4) is 0 Å². The lowest BCUT2D eigenvalue weighted by molar-refractivity contribution is -0.126. The van der Waals surface area contributed by atoms with Gasteiger partial charge in [-0.2, -0.15) is 0 Å². The van der Waals surface area contributed by atoms with E-state index in [1.807, 2.05) is 42.5 Å². The number of aromatic nitrogens is 1. The van der Waals surface area contributed by atoms with Gasteiger partial charge >= 0.3 is 6.03 Å². The number of carbonyl (C=O) groups is 2. The summed E-state index contributed by atoms with van der Waals surface area (Å²) < 4.78 is 0. The lowest BCUT2D eigenvalue weighted by Crippen LogP contribution is -2.57. The zero-order chi connectivity index (χ0) is 16.8. The van der Waals surface area contributed by atoms with Gasteiger partial charge in [0.25, 0.3) is 0 Å². The standard InChI is InChI=1S/C18H20N4O2/c23-17(21-12-14-5-2-1-3-6-14)16-8-10-20-18(24)22(16)13-15-7-4-9-19-11-15/h1-7,9,11,16H,8,10,12-13H2,(H,20,24)(H,21,23). The van der Waals surface area contributed by atoms with Gasteiger partial charge in [-0.3, -0.25) is 9.78 Å². The molecule has 6 nitrogen and oxygen atoms in total. The van der Waals surface area contributed by atoms with Crippen LogP contribution in [-0.4, -0.2) is 34.4 Å². The Morgan fingerprint density at radius 3 is 2.75 bits per heavy atom. The Balaban J connectivity index is 1.66. The van der Waals surface area contributed by atoms with E-state index in [2.05, 4.69) is 15.6 Å². The van der Waals surface area contributed by atoms with Crippen molar-refractivity contribution in [3.05, 3.63) is 66.0 Å². The monoisotopic (exact) mass is 324 g/mol. The highest BCUT2D eigenvalue weighted by Gasteiger charge is 2.33. The number of pyridine rings is 1.